The Kier molecular flexibility index (Phi) is 7.50. The van der Waals surface area contributed by atoms with E-state index in [1.165, 1.54) is 24.8 Å². The van der Waals surface area contributed by atoms with E-state index in [-0.39, 0.29) is 30.7 Å². The third-order valence-corrected chi connectivity index (χ3v) is 5.97. The highest BCUT2D eigenvalue weighted by Gasteiger charge is 2.35. The molecule has 1 fully saturated rings. The van der Waals surface area contributed by atoms with Crippen LogP contribution in [0.4, 0.5) is 15.8 Å². The summed E-state index contributed by atoms with van der Waals surface area (Å²) in [5.41, 5.74) is 8.85. The Labute approximate surface area is 203 Å². The zero-order chi connectivity index (χ0) is 24.8. The van der Waals surface area contributed by atoms with Gasteiger partial charge in [-0.2, -0.15) is 0 Å². The number of methoxy groups -OCH3 is 1. The van der Waals surface area contributed by atoms with Crippen molar-refractivity contribution < 1.29 is 23.5 Å². The number of benzene rings is 3. The molecule has 0 bridgehead atoms. The van der Waals surface area contributed by atoms with Crippen molar-refractivity contribution in [2.24, 2.45) is 5.92 Å². The number of carbonyl (C=O) groups is 2. The van der Waals surface area contributed by atoms with E-state index in [9.17, 15) is 14.0 Å². The van der Waals surface area contributed by atoms with Crippen molar-refractivity contribution in [3.05, 3.63) is 83.7 Å². The molecule has 0 spiro atoms. The summed E-state index contributed by atoms with van der Waals surface area (Å²) in [5, 5.41) is 0. The number of halogens is 1. The topological polar surface area (TPSA) is 79.9 Å². The fourth-order valence-electron chi connectivity index (χ4n) is 3.94. The molecule has 2 N–H and O–H groups in total. The lowest BCUT2D eigenvalue weighted by molar-refractivity contribution is -0.125. The van der Waals surface area contributed by atoms with Gasteiger partial charge in [0.15, 0.2) is 11.5 Å². The summed E-state index contributed by atoms with van der Waals surface area (Å²) >= 11 is 0. The Morgan fingerprint density at radius 3 is 2.46 bits per heavy atom. The van der Waals surface area contributed by atoms with Crippen LogP contribution in [0.1, 0.15) is 24.5 Å². The predicted molar refractivity (Wildman–Crippen MR) is 132 cm³/mol. The van der Waals surface area contributed by atoms with Crippen molar-refractivity contribution >= 4 is 23.2 Å². The van der Waals surface area contributed by atoms with Gasteiger partial charge < -0.3 is 14.4 Å². The van der Waals surface area contributed by atoms with Crippen LogP contribution >= 0.6 is 0 Å². The zero-order valence-corrected chi connectivity index (χ0v) is 19.7. The van der Waals surface area contributed by atoms with Crippen LogP contribution in [0.25, 0.3) is 0 Å². The Morgan fingerprint density at radius 2 is 1.77 bits per heavy atom. The number of hydrogen-bond donors (Lipinski definition) is 2. The molecule has 7 nitrogen and oxygen atoms in total. The van der Waals surface area contributed by atoms with Crippen LogP contribution in [0.15, 0.2) is 66.7 Å². The van der Waals surface area contributed by atoms with Crippen LogP contribution in [0, 0.1) is 11.7 Å². The van der Waals surface area contributed by atoms with Gasteiger partial charge in [-0.25, -0.2) is 4.39 Å². The highest BCUT2D eigenvalue weighted by Crippen LogP contribution is 2.35. The summed E-state index contributed by atoms with van der Waals surface area (Å²) in [6.07, 6.45) is 1.06. The number of nitrogens with one attached hydrogen (secondary N) is 2. The molecule has 0 unspecified atom stereocenters. The minimum atomic E-state index is -0.491. The maximum absolute atomic E-state index is 13.2. The summed E-state index contributed by atoms with van der Waals surface area (Å²) in [7, 11) is 1.52. The molecule has 0 radical (unpaired) electrons. The monoisotopic (exact) mass is 477 g/mol. The van der Waals surface area contributed by atoms with E-state index in [0.29, 0.717) is 23.7 Å². The number of amides is 2. The molecule has 4 rings (SSSR count). The van der Waals surface area contributed by atoms with Crippen LogP contribution in [0.5, 0.6) is 11.5 Å². The van der Waals surface area contributed by atoms with Gasteiger partial charge in [0.2, 0.25) is 11.8 Å². The number of ether oxygens (including phenoxy) is 2. The van der Waals surface area contributed by atoms with E-state index in [1.54, 1.807) is 35.2 Å². The maximum atomic E-state index is 13.2. The average Bonchev–Trinajstić information content (AvgIpc) is 3.28. The third-order valence-electron chi connectivity index (χ3n) is 5.97. The maximum Gasteiger partial charge on any atom is 0.243 e. The molecule has 0 aromatic heterocycles. The van der Waals surface area contributed by atoms with Crippen molar-refractivity contribution in [3.8, 4) is 11.5 Å². The summed E-state index contributed by atoms with van der Waals surface area (Å²) < 4.78 is 24.5. The SMILES string of the molecule is CCc1ccc(N2C[C@H](C(=O)NNc3cccc(OC)c3OCc3ccc(F)cc3)CC2=O)cc1. The number of nitrogens with zero attached hydrogens (tertiary/aromatic N) is 1. The van der Waals surface area contributed by atoms with Gasteiger partial charge in [0.05, 0.1) is 18.7 Å². The van der Waals surface area contributed by atoms with Gasteiger partial charge in [-0.1, -0.05) is 37.3 Å². The molecule has 0 saturated carbocycles. The Balaban J connectivity index is 1.40. The molecule has 2 amide bonds. The molecule has 3 aromatic carbocycles. The molecule has 35 heavy (non-hydrogen) atoms. The molecule has 8 heteroatoms. The first-order valence-electron chi connectivity index (χ1n) is 11.5. The van der Waals surface area contributed by atoms with E-state index in [2.05, 4.69) is 17.8 Å². The van der Waals surface area contributed by atoms with Crippen molar-refractivity contribution in [2.75, 3.05) is 24.0 Å². The van der Waals surface area contributed by atoms with Gasteiger partial charge in [-0.15, -0.1) is 0 Å². The van der Waals surface area contributed by atoms with Gasteiger partial charge in [0.1, 0.15) is 12.4 Å². The normalized spacial score (nSPS) is 15.1. The highest BCUT2D eigenvalue weighted by atomic mass is 19.1. The number of rotatable bonds is 9. The standard InChI is InChI=1S/C27H28FN3O4/c1-3-18-9-13-22(14-10-18)31-16-20(15-25(31)32)27(33)30-29-23-5-4-6-24(34-2)26(23)35-17-19-7-11-21(28)12-8-19/h4-14,20,29H,3,15-17H2,1-2H3,(H,30,33)/t20-/m1/s1. The molecular weight excluding hydrogens is 449 g/mol. The first-order valence-corrected chi connectivity index (χ1v) is 11.5. The van der Waals surface area contributed by atoms with Gasteiger partial charge in [-0.3, -0.25) is 20.4 Å². The minimum Gasteiger partial charge on any atom is -0.493 e. The zero-order valence-electron chi connectivity index (χ0n) is 19.7. The molecule has 3 aromatic rings. The number of anilines is 2. The second-order valence-electron chi connectivity index (χ2n) is 8.29. The van der Waals surface area contributed by atoms with Crippen LogP contribution in [0.3, 0.4) is 0 Å². The van der Waals surface area contributed by atoms with Crippen LogP contribution in [0.2, 0.25) is 0 Å². The van der Waals surface area contributed by atoms with Crippen molar-refractivity contribution in [1.29, 1.82) is 0 Å². The van der Waals surface area contributed by atoms with E-state index in [1.807, 2.05) is 24.3 Å². The Bertz CT molecular complexity index is 1180. The second kappa shape index (κ2) is 10.9. The predicted octanol–water partition coefficient (Wildman–Crippen LogP) is 4.47. The van der Waals surface area contributed by atoms with E-state index in [4.69, 9.17) is 9.47 Å². The van der Waals surface area contributed by atoms with E-state index < -0.39 is 5.92 Å². The summed E-state index contributed by atoms with van der Waals surface area (Å²) in [4.78, 5) is 27.1. The van der Waals surface area contributed by atoms with Crippen LogP contribution in [-0.4, -0.2) is 25.5 Å². The first kappa shape index (κ1) is 24.1. The van der Waals surface area contributed by atoms with Gasteiger partial charge in [-0.05, 0) is 53.9 Å². The van der Waals surface area contributed by atoms with Gasteiger partial charge in [0.25, 0.3) is 0 Å². The van der Waals surface area contributed by atoms with E-state index in [0.717, 1.165) is 17.7 Å². The molecule has 1 aliphatic heterocycles. The summed E-state index contributed by atoms with van der Waals surface area (Å²) in [6, 6.07) is 19.1. The quantitative estimate of drug-likeness (QED) is 0.445. The lowest BCUT2D eigenvalue weighted by Crippen LogP contribution is -2.36. The molecule has 1 heterocycles. The van der Waals surface area contributed by atoms with Gasteiger partial charge in [0, 0.05) is 18.7 Å². The fourth-order valence-corrected chi connectivity index (χ4v) is 3.94. The Hall–Kier alpha value is -4.07. The summed E-state index contributed by atoms with van der Waals surface area (Å²) in [5.74, 6) is -0.311. The lowest BCUT2D eigenvalue weighted by atomic mass is 10.1. The first-order chi connectivity index (χ1) is 17.0. The van der Waals surface area contributed by atoms with Crippen molar-refractivity contribution in [2.45, 2.75) is 26.4 Å². The molecule has 1 saturated heterocycles. The molecular formula is C27H28FN3O4. The average molecular weight is 478 g/mol. The second-order valence-corrected chi connectivity index (χ2v) is 8.29. The molecule has 1 aliphatic rings. The number of hydrazine groups is 1. The third kappa shape index (κ3) is 5.71. The fraction of sp³-hybridized carbons (Fsp3) is 0.259. The van der Waals surface area contributed by atoms with E-state index >= 15 is 0 Å². The Morgan fingerprint density at radius 1 is 1.06 bits per heavy atom. The number of aryl methyl sites for hydroxylation is 1. The highest BCUT2D eigenvalue weighted by molar-refractivity contribution is 6.00. The number of hydrogen-bond acceptors (Lipinski definition) is 5. The minimum absolute atomic E-state index is 0.0842. The van der Waals surface area contributed by atoms with Crippen molar-refractivity contribution in [1.82, 2.24) is 5.43 Å². The van der Waals surface area contributed by atoms with Crippen LogP contribution < -0.4 is 25.2 Å². The number of para-hydroxylation sites is 1. The lowest BCUT2D eigenvalue weighted by Gasteiger charge is -2.19. The van der Waals surface area contributed by atoms with Gasteiger partial charge >= 0.3 is 0 Å². The molecule has 182 valence electrons. The molecule has 1 atom stereocenters. The molecule has 0 aliphatic carbocycles. The summed E-state index contributed by atoms with van der Waals surface area (Å²) in [6.45, 7) is 2.57. The smallest absolute Gasteiger partial charge is 0.243 e. The largest absolute Gasteiger partial charge is 0.493 e. The van der Waals surface area contributed by atoms with Crippen molar-refractivity contribution in [3.63, 3.8) is 0 Å². The number of carbonyl (C=O) groups excluding carboxylic acids is 2. The van der Waals surface area contributed by atoms with Crippen LogP contribution in [-0.2, 0) is 22.6 Å².